The predicted octanol–water partition coefficient (Wildman–Crippen LogP) is 3.00. The van der Waals surface area contributed by atoms with Crippen molar-refractivity contribution in [3.8, 4) is 5.75 Å². The van der Waals surface area contributed by atoms with E-state index in [4.69, 9.17) is 4.74 Å². The molecule has 2 saturated heterocycles. The third-order valence-corrected chi connectivity index (χ3v) is 5.35. The molecule has 0 amide bonds. The zero-order valence-electron chi connectivity index (χ0n) is 15.5. The number of aryl methyl sites for hydroxylation is 1. The van der Waals surface area contributed by atoms with Crippen LogP contribution in [0.4, 0.5) is 5.69 Å². The van der Waals surface area contributed by atoms with Crippen LogP contribution in [-0.4, -0.2) is 69.3 Å². The summed E-state index contributed by atoms with van der Waals surface area (Å²) in [5, 5.41) is 0. The molecule has 0 radical (unpaired) electrons. The van der Waals surface area contributed by atoms with Gasteiger partial charge in [-0.3, -0.25) is 0 Å². The van der Waals surface area contributed by atoms with Crippen LogP contribution in [0.5, 0.6) is 5.75 Å². The Morgan fingerprint density at radius 2 is 1.71 bits per heavy atom. The second-order valence-electron chi connectivity index (χ2n) is 7.34. The van der Waals surface area contributed by atoms with Crippen molar-refractivity contribution < 1.29 is 4.74 Å². The van der Waals surface area contributed by atoms with Crippen LogP contribution < -0.4 is 9.64 Å². The first-order valence-corrected chi connectivity index (χ1v) is 9.62. The van der Waals surface area contributed by atoms with Crippen LogP contribution in [0, 0.1) is 6.92 Å². The van der Waals surface area contributed by atoms with Gasteiger partial charge in [-0.2, -0.15) is 0 Å². The van der Waals surface area contributed by atoms with Crippen molar-refractivity contribution in [3.05, 3.63) is 23.8 Å². The van der Waals surface area contributed by atoms with Crippen LogP contribution in [0.3, 0.4) is 0 Å². The van der Waals surface area contributed by atoms with E-state index in [-0.39, 0.29) is 0 Å². The summed E-state index contributed by atoms with van der Waals surface area (Å²) in [6.07, 6.45) is 5.13. The maximum Gasteiger partial charge on any atom is 0.122 e. The van der Waals surface area contributed by atoms with Gasteiger partial charge in [0.05, 0.1) is 6.61 Å². The standard InChI is InChI=1S/C20H33N3O/c1-18-17-19(23-10-4-3-5-11-23)7-8-20(18)24-16-6-9-22-14-12-21(2)13-15-22/h7-8,17H,3-6,9-16H2,1-2H3. The molecule has 3 rings (SSSR count). The average molecular weight is 332 g/mol. The molecule has 0 aliphatic carbocycles. The fourth-order valence-corrected chi connectivity index (χ4v) is 3.69. The third-order valence-electron chi connectivity index (χ3n) is 5.35. The van der Waals surface area contributed by atoms with E-state index in [1.807, 2.05) is 0 Å². The summed E-state index contributed by atoms with van der Waals surface area (Å²) in [4.78, 5) is 7.46. The first-order valence-electron chi connectivity index (χ1n) is 9.62. The van der Waals surface area contributed by atoms with Gasteiger partial charge in [0.15, 0.2) is 0 Å². The molecule has 134 valence electrons. The van der Waals surface area contributed by atoms with E-state index < -0.39 is 0 Å². The Morgan fingerprint density at radius 3 is 2.42 bits per heavy atom. The normalized spacial score (nSPS) is 20.3. The Hall–Kier alpha value is -1.26. The average Bonchev–Trinajstić information content (AvgIpc) is 2.62. The summed E-state index contributed by atoms with van der Waals surface area (Å²) in [6.45, 7) is 11.3. The summed E-state index contributed by atoms with van der Waals surface area (Å²) >= 11 is 0. The second kappa shape index (κ2) is 8.72. The zero-order valence-corrected chi connectivity index (χ0v) is 15.5. The minimum Gasteiger partial charge on any atom is -0.493 e. The number of rotatable bonds is 6. The topological polar surface area (TPSA) is 19.0 Å². The quantitative estimate of drug-likeness (QED) is 0.746. The number of anilines is 1. The smallest absolute Gasteiger partial charge is 0.122 e. The Bertz CT molecular complexity index is 506. The molecule has 0 aromatic heterocycles. The highest BCUT2D eigenvalue weighted by Gasteiger charge is 2.14. The lowest BCUT2D eigenvalue weighted by molar-refractivity contribution is 0.145. The fourth-order valence-electron chi connectivity index (χ4n) is 3.69. The summed E-state index contributed by atoms with van der Waals surface area (Å²) in [5.41, 5.74) is 2.62. The van der Waals surface area contributed by atoms with E-state index in [9.17, 15) is 0 Å². The molecule has 2 heterocycles. The predicted molar refractivity (Wildman–Crippen MR) is 101 cm³/mol. The number of piperidine rings is 1. The molecule has 4 nitrogen and oxygen atoms in total. The van der Waals surface area contributed by atoms with E-state index in [0.717, 1.165) is 25.3 Å². The van der Waals surface area contributed by atoms with E-state index >= 15 is 0 Å². The van der Waals surface area contributed by atoms with Crippen molar-refractivity contribution in [2.45, 2.75) is 32.6 Å². The van der Waals surface area contributed by atoms with Crippen molar-refractivity contribution >= 4 is 5.69 Å². The van der Waals surface area contributed by atoms with Crippen molar-refractivity contribution in [1.82, 2.24) is 9.80 Å². The molecule has 2 aliphatic heterocycles. The maximum atomic E-state index is 6.04. The molecule has 2 fully saturated rings. The number of hydrogen-bond donors (Lipinski definition) is 0. The van der Waals surface area contributed by atoms with Gasteiger partial charge in [-0.25, -0.2) is 0 Å². The molecule has 0 spiro atoms. The molecule has 0 atom stereocenters. The van der Waals surface area contributed by atoms with Crippen molar-refractivity contribution in [1.29, 1.82) is 0 Å². The number of hydrogen-bond acceptors (Lipinski definition) is 4. The van der Waals surface area contributed by atoms with Crippen LogP contribution in [-0.2, 0) is 0 Å². The monoisotopic (exact) mass is 331 g/mol. The number of benzene rings is 1. The summed E-state index contributed by atoms with van der Waals surface area (Å²) < 4.78 is 6.04. The summed E-state index contributed by atoms with van der Waals surface area (Å²) in [5.74, 6) is 1.05. The van der Waals surface area contributed by atoms with Crippen LogP contribution in [0.15, 0.2) is 18.2 Å². The van der Waals surface area contributed by atoms with Crippen molar-refractivity contribution in [2.24, 2.45) is 0 Å². The maximum absolute atomic E-state index is 6.04. The molecule has 2 aliphatic rings. The molecular formula is C20H33N3O. The summed E-state index contributed by atoms with van der Waals surface area (Å²) in [7, 11) is 2.21. The van der Waals surface area contributed by atoms with Crippen LogP contribution >= 0.6 is 0 Å². The Kier molecular flexibility index (Phi) is 6.38. The Balaban J connectivity index is 1.42. The van der Waals surface area contributed by atoms with Crippen LogP contribution in [0.2, 0.25) is 0 Å². The molecule has 0 unspecified atom stereocenters. The molecule has 0 N–H and O–H groups in total. The molecular weight excluding hydrogens is 298 g/mol. The van der Waals surface area contributed by atoms with Crippen LogP contribution in [0.1, 0.15) is 31.2 Å². The van der Waals surface area contributed by atoms with Gasteiger partial charge in [-0.05, 0) is 63.4 Å². The highest BCUT2D eigenvalue weighted by atomic mass is 16.5. The van der Waals surface area contributed by atoms with Gasteiger partial charge in [0, 0.05) is 51.5 Å². The number of nitrogens with zero attached hydrogens (tertiary/aromatic N) is 3. The molecule has 24 heavy (non-hydrogen) atoms. The highest BCUT2D eigenvalue weighted by Crippen LogP contribution is 2.26. The lowest BCUT2D eigenvalue weighted by atomic mass is 10.1. The van der Waals surface area contributed by atoms with Crippen molar-refractivity contribution in [2.75, 3.05) is 64.4 Å². The zero-order chi connectivity index (χ0) is 16.8. The van der Waals surface area contributed by atoms with Crippen LogP contribution in [0.25, 0.3) is 0 Å². The van der Waals surface area contributed by atoms with Gasteiger partial charge in [0.25, 0.3) is 0 Å². The fraction of sp³-hybridized carbons (Fsp3) is 0.700. The molecule has 4 heteroatoms. The van der Waals surface area contributed by atoms with Gasteiger partial charge in [-0.15, -0.1) is 0 Å². The SMILES string of the molecule is Cc1cc(N2CCCCC2)ccc1OCCCN1CCN(C)CC1. The second-order valence-corrected chi connectivity index (χ2v) is 7.34. The Morgan fingerprint density at radius 1 is 0.958 bits per heavy atom. The van der Waals surface area contributed by atoms with Gasteiger partial charge in [0.2, 0.25) is 0 Å². The molecule has 0 bridgehead atoms. The molecule has 1 aromatic rings. The third kappa shape index (κ3) is 4.87. The minimum absolute atomic E-state index is 0.816. The van der Waals surface area contributed by atoms with E-state index in [1.165, 1.54) is 69.8 Å². The van der Waals surface area contributed by atoms with Gasteiger partial charge in [-0.1, -0.05) is 0 Å². The highest BCUT2D eigenvalue weighted by molar-refractivity contribution is 5.53. The van der Waals surface area contributed by atoms with E-state index in [2.05, 4.69) is 46.9 Å². The lowest BCUT2D eigenvalue weighted by Gasteiger charge is -2.32. The number of likely N-dealkylation sites (N-methyl/N-ethyl adjacent to an activating group) is 1. The summed E-state index contributed by atoms with van der Waals surface area (Å²) in [6, 6.07) is 6.68. The van der Waals surface area contributed by atoms with Crippen molar-refractivity contribution in [3.63, 3.8) is 0 Å². The number of piperazine rings is 1. The lowest BCUT2D eigenvalue weighted by Crippen LogP contribution is -2.44. The van der Waals surface area contributed by atoms with Gasteiger partial charge in [0.1, 0.15) is 5.75 Å². The Labute approximate surface area is 147 Å². The largest absolute Gasteiger partial charge is 0.493 e. The van der Waals surface area contributed by atoms with Gasteiger partial charge < -0.3 is 19.4 Å². The van der Waals surface area contributed by atoms with E-state index in [0.29, 0.717) is 0 Å². The molecule has 1 aromatic carbocycles. The first-order chi connectivity index (χ1) is 11.7. The van der Waals surface area contributed by atoms with E-state index in [1.54, 1.807) is 0 Å². The number of ether oxygens (including phenoxy) is 1. The first kappa shape index (κ1) is 17.6. The molecule has 0 saturated carbocycles. The minimum atomic E-state index is 0.816. The van der Waals surface area contributed by atoms with Gasteiger partial charge >= 0.3 is 0 Å².